The van der Waals surface area contributed by atoms with Gasteiger partial charge in [0.05, 0.1) is 17.6 Å². The number of aliphatic hydroxyl groups excluding tert-OH is 2. The number of carbonyl (C=O) groups is 1. The van der Waals surface area contributed by atoms with Crippen LogP contribution in [0.25, 0.3) is 0 Å². The summed E-state index contributed by atoms with van der Waals surface area (Å²) in [6, 6.07) is 0. The van der Waals surface area contributed by atoms with Crippen LogP contribution in [0, 0.1) is 11.8 Å². The molecule has 0 spiro atoms. The highest BCUT2D eigenvalue weighted by Gasteiger charge is 2.38. The van der Waals surface area contributed by atoms with Crippen molar-refractivity contribution in [2.45, 2.75) is 46.3 Å². The fourth-order valence-corrected chi connectivity index (χ4v) is 2.07. The molecule has 4 nitrogen and oxygen atoms in total. The Kier molecular flexibility index (Phi) is 3.97. The largest absolute Gasteiger partial charge is 0.511 e. The minimum absolute atomic E-state index is 0.0800. The van der Waals surface area contributed by atoms with Crippen molar-refractivity contribution in [3.63, 3.8) is 0 Å². The molecule has 92 valence electrons. The molecular formula is C12H20O4. The zero-order valence-corrected chi connectivity index (χ0v) is 10.2. The summed E-state index contributed by atoms with van der Waals surface area (Å²) in [4.78, 5) is 11.5. The van der Waals surface area contributed by atoms with E-state index in [0.717, 1.165) is 0 Å². The third-order valence-electron chi connectivity index (χ3n) is 3.40. The van der Waals surface area contributed by atoms with Gasteiger partial charge in [-0.15, -0.1) is 0 Å². The molecule has 0 fully saturated rings. The predicted octanol–water partition coefficient (Wildman–Crippen LogP) is 1.79. The van der Waals surface area contributed by atoms with Gasteiger partial charge in [-0.25, -0.2) is 4.79 Å². The Hall–Kier alpha value is -1.03. The minimum atomic E-state index is -0.522. The van der Waals surface area contributed by atoms with Crippen LogP contribution in [0.3, 0.4) is 0 Å². The van der Waals surface area contributed by atoms with Crippen molar-refractivity contribution in [1.29, 1.82) is 0 Å². The first-order chi connectivity index (χ1) is 7.40. The maximum atomic E-state index is 11.5. The highest BCUT2D eigenvalue weighted by molar-refractivity contribution is 5.89. The number of hydrogen-bond acceptors (Lipinski definition) is 4. The highest BCUT2D eigenvalue weighted by Crippen LogP contribution is 2.31. The van der Waals surface area contributed by atoms with Gasteiger partial charge >= 0.3 is 5.97 Å². The summed E-state index contributed by atoms with van der Waals surface area (Å²) in [6.07, 6.45) is -0.372. The second kappa shape index (κ2) is 4.87. The summed E-state index contributed by atoms with van der Waals surface area (Å²) in [5.41, 5.74) is 0.266. The molecule has 0 aromatic heterocycles. The van der Waals surface area contributed by atoms with Gasteiger partial charge in [0.15, 0.2) is 0 Å². The molecule has 1 aliphatic heterocycles. The molecule has 4 heteroatoms. The fourth-order valence-electron chi connectivity index (χ4n) is 2.07. The summed E-state index contributed by atoms with van der Waals surface area (Å²) in [5, 5.41) is 19.5. The van der Waals surface area contributed by atoms with Crippen molar-refractivity contribution < 1.29 is 19.7 Å². The molecule has 0 unspecified atom stereocenters. The van der Waals surface area contributed by atoms with Gasteiger partial charge in [-0.3, -0.25) is 0 Å². The average molecular weight is 228 g/mol. The second-order valence-corrected chi connectivity index (χ2v) is 4.50. The van der Waals surface area contributed by atoms with E-state index in [1.807, 2.05) is 13.8 Å². The molecule has 16 heavy (non-hydrogen) atoms. The third-order valence-corrected chi connectivity index (χ3v) is 3.40. The van der Waals surface area contributed by atoms with Gasteiger partial charge in [-0.05, 0) is 13.3 Å². The normalized spacial score (nSPS) is 29.9. The molecule has 0 aliphatic carbocycles. The number of ether oxygens (including phenoxy) is 1. The third kappa shape index (κ3) is 2.21. The van der Waals surface area contributed by atoms with Crippen LogP contribution in [0.4, 0.5) is 0 Å². The Bertz CT molecular complexity index is 308. The van der Waals surface area contributed by atoms with E-state index in [1.165, 1.54) is 0 Å². The Balaban J connectivity index is 2.90. The molecule has 0 radical (unpaired) electrons. The molecule has 0 saturated heterocycles. The number of cyclic esters (lactones) is 1. The topological polar surface area (TPSA) is 66.8 Å². The van der Waals surface area contributed by atoms with Gasteiger partial charge in [-0.2, -0.15) is 0 Å². The van der Waals surface area contributed by atoms with E-state index in [0.29, 0.717) is 6.42 Å². The van der Waals surface area contributed by atoms with Crippen LogP contribution in [0.5, 0.6) is 0 Å². The zero-order chi connectivity index (χ0) is 12.5. The van der Waals surface area contributed by atoms with Crippen LogP contribution in [0.15, 0.2) is 11.3 Å². The van der Waals surface area contributed by atoms with E-state index in [4.69, 9.17) is 4.74 Å². The molecule has 4 atom stereocenters. The average Bonchev–Trinajstić information content (AvgIpc) is 2.29. The lowest BCUT2D eigenvalue weighted by Gasteiger charge is -2.35. The fraction of sp³-hybridized carbons (Fsp3) is 0.750. The van der Waals surface area contributed by atoms with Gasteiger partial charge in [-0.1, -0.05) is 20.8 Å². The Labute approximate surface area is 95.9 Å². The molecule has 0 aromatic carbocycles. The number of esters is 1. The first-order valence-electron chi connectivity index (χ1n) is 5.68. The molecule has 0 saturated carbocycles. The summed E-state index contributed by atoms with van der Waals surface area (Å²) in [7, 11) is 0. The van der Waals surface area contributed by atoms with Crippen molar-refractivity contribution >= 4 is 5.97 Å². The highest BCUT2D eigenvalue weighted by atomic mass is 16.5. The maximum Gasteiger partial charge on any atom is 0.337 e. The smallest absolute Gasteiger partial charge is 0.337 e. The molecule has 0 bridgehead atoms. The van der Waals surface area contributed by atoms with E-state index in [2.05, 4.69) is 0 Å². The summed E-state index contributed by atoms with van der Waals surface area (Å²) < 4.78 is 5.25. The van der Waals surface area contributed by atoms with E-state index in [-0.39, 0.29) is 23.2 Å². The van der Waals surface area contributed by atoms with E-state index in [1.54, 1.807) is 13.8 Å². The lowest BCUT2D eigenvalue weighted by molar-refractivity contribution is -0.156. The van der Waals surface area contributed by atoms with Crippen LogP contribution in [0.2, 0.25) is 0 Å². The lowest BCUT2D eigenvalue weighted by Crippen LogP contribution is -2.41. The number of aliphatic hydroxyl groups is 2. The van der Waals surface area contributed by atoms with Gasteiger partial charge in [0, 0.05) is 5.92 Å². The van der Waals surface area contributed by atoms with Crippen molar-refractivity contribution in [3.8, 4) is 0 Å². The van der Waals surface area contributed by atoms with E-state index in [9.17, 15) is 15.0 Å². The Morgan fingerprint density at radius 2 is 2.06 bits per heavy atom. The van der Waals surface area contributed by atoms with E-state index >= 15 is 0 Å². The monoisotopic (exact) mass is 228 g/mol. The van der Waals surface area contributed by atoms with Crippen LogP contribution in [0.1, 0.15) is 34.1 Å². The molecule has 1 heterocycles. The molecule has 1 aliphatic rings. The van der Waals surface area contributed by atoms with Crippen LogP contribution in [-0.2, 0) is 9.53 Å². The Morgan fingerprint density at radius 3 is 2.56 bits per heavy atom. The van der Waals surface area contributed by atoms with Crippen molar-refractivity contribution in [2.75, 3.05) is 0 Å². The van der Waals surface area contributed by atoms with Gasteiger partial charge in [0.1, 0.15) is 11.9 Å². The van der Waals surface area contributed by atoms with Crippen LogP contribution in [-0.4, -0.2) is 28.4 Å². The van der Waals surface area contributed by atoms with Gasteiger partial charge in [0.25, 0.3) is 0 Å². The van der Waals surface area contributed by atoms with Crippen LogP contribution >= 0.6 is 0 Å². The van der Waals surface area contributed by atoms with Crippen molar-refractivity contribution in [1.82, 2.24) is 0 Å². The Morgan fingerprint density at radius 1 is 1.50 bits per heavy atom. The number of rotatable bonds is 3. The standard InChI is InChI=1S/C12H20O4/c1-5-9(13)6(2)11-7(3)10(14)8(4)12(15)16-11/h6-7,9,11,13-14H,5H2,1-4H3/t6-,7+,9-,11+/m1/s1. The molecule has 1 rings (SSSR count). The van der Waals surface area contributed by atoms with E-state index < -0.39 is 18.2 Å². The lowest BCUT2D eigenvalue weighted by atomic mass is 9.84. The van der Waals surface area contributed by atoms with Crippen molar-refractivity contribution in [3.05, 3.63) is 11.3 Å². The molecule has 0 aromatic rings. The molecule has 2 N–H and O–H groups in total. The quantitative estimate of drug-likeness (QED) is 0.723. The first-order valence-corrected chi connectivity index (χ1v) is 5.68. The van der Waals surface area contributed by atoms with Crippen molar-refractivity contribution in [2.24, 2.45) is 11.8 Å². The number of hydrogen-bond donors (Lipinski definition) is 2. The first kappa shape index (κ1) is 13.0. The predicted molar refractivity (Wildman–Crippen MR) is 59.8 cm³/mol. The second-order valence-electron chi connectivity index (χ2n) is 4.50. The van der Waals surface area contributed by atoms with Gasteiger partial charge in [0.2, 0.25) is 0 Å². The number of carbonyl (C=O) groups excluding carboxylic acids is 1. The minimum Gasteiger partial charge on any atom is -0.511 e. The molecule has 0 amide bonds. The van der Waals surface area contributed by atoms with Gasteiger partial charge < -0.3 is 14.9 Å². The zero-order valence-electron chi connectivity index (χ0n) is 10.2. The summed E-state index contributed by atoms with van der Waals surface area (Å²) in [5.74, 6) is -0.847. The maximum absolute atomic E-state index is 11.5. The summed E-state index contributed by atoms with van der Waals surface area (Å²) >= 11 is 0. The van der Waals surface area contributed by atoms with Crippen LogP contribution < -0.4 is 0 Å². The molecular weight excluding hydrogens is 208 g/mol. The summed E-state index contributed by atoms with van der Waals surface area (Å²) in [6.45, 7) is 7.05. The SMILES string of the molecule is CC[C@@H](O)[C@@H](C)[C@@H]1OC(=O)C(C)=C(O)[C@@H]1C.